The normalized spacial score (nSPS) is 14.8. The second kappa shape index (κ2) is 10.00. The SMILES string of the molecule is CCCNC(C)(CCCCOCC(F)(F)F)C(=O)OCC. The highest BCUT2D eigenvalue weighted by atomic mass is 19.4. The molecular formula is C14H26F3NO3. The molecule has 0 aromatic heterocycles. The molecule has 0 aliphatic heterocycles. The van der Waals surface area contributed by atoms with Gasteiger partial charge in [-0.05, 0) is 46.1 Å². The lowest BCUT2D eigenvalue weighted by molar-refractivity contribution is -0.174. The molecule has 21 heavy (non-hydrogen) atoms. The summed E-state index contributed by atoms with van der Waals surface area (Å²) in [5.74, 6) is -0.324. The van der Waals surface area contributed by atoms with E-state index in [1.807, 2.05) is 6.92 Å². The number of nitrogens with one attached hydrogen (secondary N) is 1. The Morgan fingerprint density at radius 3 is 2.38 bits per heavy atom. The fraction of sp³-hybridized carbons (Fsp3) is 0.929. The largest absolute Gasteiger partial charge is 0.465 e. The van der Waals surface area contributed by atoms with Gasteiger partial charge in [-0.25, -0.2) is 0 Å². The molecule has 0 aliphatic carbocycles. The van der Waals surface area contributed by atoms with Gasteiger partial charge in [0.05, 0.1) is 6.61 Å². The number of carbonyl (C=O) groups is 1. The molecule has 0 fully saturated rings. The van der Waals surface area contributed by atoms with Crippen LogP contribution in [-0.2, 0) is 14.3 Å². The van der Waals surface area contributed by atoms with Crippen LogP contribution in [0.4, 0.5) is 13.2 Å². The summed E-state index contributed by atoms with van der Waals surface area (Å²) in [4.78, 5) is 12.0. The first-order valence-electron chi connectivity index (χ1n) is 7.32. The molecule has 1 atom stereocenters. The lowest BCUT2D eigenvalue weighted by Crippen LogP contribution is -2.50. The highest BCUT2D eigenvalue weighted by Crippen LogP contribution is 2.18. The number of carbonyl (C=O) groups excluding carboxylic acids is 1. The Hall–Kier alpha value is -0.820. The standard InChI is InChI=1S/C14H26F3NO3/c1-4-9-18-13(3,12(19)21-5-2)8-6-7-10-20-11-14(15,16)17/h18H,4-11H2,1-3H3. The third-order valence-corrected chi connectivity index (χ3v) is 2.97. The average Bonchev–Trinajstić information content (AvgIpc) is 2.39. The van der Waals surface area contributed by atoms with Crippen LogP contribution in [0.3, 0.4) is 0 Å². The maximum atomic E-state index is 12.0. The van der Waals surface area contributed by atoms with E-state index in [-0.39, 0.29) is 12.6 Å². The smallest absolute Gasteiger partial charge is 0.411 e. The zero-order chi connectivity index (χ0) is 16.4. The van der Waals surface area contributed by atoms with Crippen LogP contribution in [0.25, 0.3) is 0 Å². The van der Waals surface area contributed by atoms with Crippen LogP contribution in [0, 0.1) is 0 Å². The number of alkyl halides is 3. The Morgan fingerprint density at radius 1 is 1.19 bits per heavy atom. The predicted octanol–water partition coefficient (Wildman–Crippen LogP) is 3.06. The van der Waals surface area contributed by atoms with Crippen molar-refractivity contribution in [2.75, 3.05) is 26.4 Å². The first-order chi connectivity index (χ1) is 9.75. The maximum Gasteiger partial charge on any atom is 0.411 e. The number of rotatable bonds is 11. The summed E-state index contributed by atoms with van der Waals surface area (Å²) in [5.41, 5.74) is -0.796. The zero-order valence-corrected chi connectivity index (χ0v) is 13.0. The molecule has 0 saturated carbocycles. The quantitative estimate of drug-likeness (QED) is 0.470. The molecular weight excluding hydrogens is 287 g/mol. The highest BCUT2D eigenvalue weighted by Gasteiger charge is 2.33. The van der Waals surface area contributed by atoms with Crippen LogP contribution >= 0.6 is 0 Å². The molecule has 0 bridgehead atoms. The number of ether oxygens (including phenoxy) is 2. The lowest BCUT2D eigenvalue weighted by Gasteiger charge is -2.28. The van der Waals surface area contributed by atoms with E-state index >= 15 is 0 Å². The van der Waals surface area contributed by atoms with E-state index in [1.165, 1.54) is 0 Å². The van der Waals surface area contributed by atoms with Gasteiger partial charge in [0.15, 0.2) is 0 Å². The van der Waals surface area contributed by atoms with Gasteiger partial charge in [-0.3, -0.25) is 4.79 Å². The van der Waals surface area contributed by atoms with Crippen molar-refractivity contribution in [1.29, 1.82) is 0 Å². The summed E-state index contributed by atoms with van der Waals surface area (Å²) in [7, 11) is 0. The van der Waals surface area contributed by atoms with Gasteiger partial charge in [-0.2, -0.15) is 13.2 Å². The minimum absolute atomic E-state index is 0.0339. The van der Waals surface area contributed by atoms with E-state index in [1.54, 1.807) is 13.8 Å². The molecule has 0 saturated heterocycles. The van der Waals surface area contributed by atoms with Crippen molar-refractivity contribution in [3.63, 3.8) is 0 Å². The minimum atomic E-state index is -4.29. The van der Waals surface area contributed by atoms with Crippen LogP contribution in [0.5, 0.6) is 0 Å². The summed E-state index contributed by atoms with van der Waals surface area (Å²) < 4.78 is 45.2. The van der Waals surface area contributed by atoms with Gasteiger partial charge in [-0.1, -0.05) is 6.92 Å². The van der Waals surface area contributed by atoms with Gasteiger partial charge >= 0.3 is 12.1 Å². The average molecular weight is 313 g/mol. The molecule has 4 nitrogen and oxygen atoms in total. The first-order valence-corrected chi connectivity index (χ1v) is 7.32. The van der Waals surface area contributed by atoms with Crippen LogP contribution < -0.4 is 5.32 Å². The molecule has 0 radical (unpaired) electrons. The number of esters is 1. The fourth-order valence-corrected chi connectivity index (χ4v) is 1.82. The second-order valence-corrected chi connectivity index (χ2v) is 5.10. The molecule has 0 spiro atoms. The molecule has 0 aromatic rings. The van der Waals surface area contributed by atoms with Crippen LogP contribution in [-0.4, -0.2) is 44.0 Å². The van der Waals surface area contributed by atoms with Crippen molar-refractivity contribution in [3.05, 3.63) is 0 Å². The molecule has 0 amide bonds. The number of unbranched alkanes of at least 4 members (excludes halogenated alkanes) is 1. The molecule has 0 aromatic carbocycles. The Labute approximate surface area is 124 Å². The van der Waals surface area contributed by atoms with Crippen molar-refractivity contribution in [2.45, 2.75) is 58.2 Å². The van der Waals surface area contributed by atoms with Gasteiger partial charge in [0.25, 0.3) is 0 Å². The van der Waals surface area contributed by atoms with Crippen molar-refractivity contribution >= 4 is 5.97 Å². The lowest BCUT2D eigenvalue weighted by atomic mass is 9.94. The highest BCUT2D eigenvalue weighted by molar-refractivity contribution is 5.80. The molecule has 0 aliphatic rings. The topological polar surface area (TPSA) is 47.6 Å². The van der Waals surface area contributed by atoms with E-state index in [9.17, 15) is 18.0 Å². The number of halogens is 3. The van der Waals surface area contributed by atoms with E-state index in [0.717, 1.165) is 6.42 Å². The minimum Gasteiger partial charge on any atom is -0.465 e. The van der Waals surface area contributed by atoms with Crippen molar-refractivity contribution in [1.82, 2.24) is 5.32 Å². The van der Waals surface area contributed by atoms with Crippen LogP contribution in [0.1, 0.15) is 46.5 Å². The van der Waals surface area contributed by atoms with Gasteiger partial charge in [0.2, 0.25) is 0 Å². The first kappa shape index (κ1) is 20.2. The van der Waals surface area contributed by atoms with Crippen molar-refractivity contribution in [2.24, 2.45) is 0 Å². The third kappa shape index (κ3) is 9.68. The van der Waals surface area contributed by atoms with Crippen LogP contribution in [0.2, 0.25) is 0 Å². The maximum absolute atomic E-state index is 12.0. The molecule has 1 unspecified atom stereocenters. The van der Waals surface area contributed by atoms with Crippen molar-refractivity contribution < 1.29 is 27.4 Å². The molecule has 7 heteroatoms. The molecule has 0 rings (SSSR count). The van der Waals surface area contributed by atoms with Gasteiger partial charge in [0, 0.05) is 6.61 Å². The van der Waals surface area contributed by atoms with Gasteiger partial charge < -0.3 is 14.8 Å². The summed E-state index contributed by atoms with van der Waals surface area (Å²) in [6, 6.07) is 0. The second-order valence-electron chi connectivity index (χ2n) is 5.10. The summed E-state index contributed by atoms with van der Waals surface area (Å²) in [6.45, 7) is 5.28. The Bertz CT molecular complexity index is 298. The van der Waals surface area contributed by atoms with E-state index in [4.69, 9.17) is 4.74 Å². The molecule has 0 heterocycles. The molecule has 1 N–H and O–H groups in total. The van der Waals surface area contributed by atoms with E-state index < -0.39 is 18.3 Å². The Kier molecular flexibility index (Phi) is 9.61. The number of hydrogen-bond donors (Lipinski definition) is 1. The van der Waals surface area contributed by atoms with E-state index in [2.05, 4.69) is 10.1 Å². The summed E-state index contributed by atoms with van der Waals surface area (Å²) >= 11 is 0. The van der Waals surface area contributed by atoms with Gasteiger partial charge in [0.1, 0.15) is 12.1 Å². The van der Waals surface area contributed by atoms with Gasteiger partial charge in [-0.15, -0.1) is 0 Å². The summed E-state index contributed by atoms with van der Waals surface area (Å²) in [5, 5.41) is 3.15. The van der Waals surface area contributed by atoms with E-state index in [0.29, 0.717) is 32.4 Å². The third-order valence-electron chi connectivity index (χ3n) is 2.97. The fourth-order valence-electron chi connectivity index (χ4n) is 1.82. The monoisotopic (exact) mass is 313 g/mol. The predicted molar refractivity (Wildman–Crippen MR) is 74.1 cm³/mol. The zero-order valence-electron chi connectivity index (χ0n) is 13.0. The Morgan fingerprint density at radius 2 is 1.86 bits per heavy atom. The number of hydrogen-bond acceptors (Lipinski definition) is 4. The Balaban J connectivity index is 4.09. The molecule has 126 valence electrons. The summed E-state index contributed by atoms with van der Waals surface area (Å²) in [6.07, 6.45) is -1.85. The van der Waals surface area contributed by atoms with Crippen LogP contribution in [0.15, 0.2) is 0 Å². The van der Waals surface area contributed by atoms with Crippen molar-refractivity contribution in [3.8, 4) is 0 Å².